The van der Waals surface area contributed by atoms with Crippen molar-refractivity contribution in [2.24, 2.45) is 5.41 Å². The molecule has 2 aromatic carbocycles. The van der Waals surface area contributed by atoms with Crippen LogP contribution in [0.2, 0.25) is 0 Å². The highest BCUT2D eigenvalue weighted by Gasteiger charge is 2.49. The van der Waals surface area contributed by atoms with E-state index in [0.717, 1.165) is 85.7 Å². The van der Waals surface area contributed by atoms with E-state index in [4.69, 9.17) is 14.6 Å². The number of nitrogens with zero attached hydrogens (tertiary/aromatic N) is 3. The lowest BCUT2D eigenvalue weighted by Gasteiger charge is -2.41. The van der Waals surface area contributed by atoms with E-state index in [1.165, 1.54) is 0 Å². The Kier molecular flexibility index (Phi) is 6.96. The molecule has 4 heterocycles. The highest BCUT2D eigenvalue weighted by molar-refractivity contribution is 6.03. The van der Waals surface area contributed by atoms with Gasteiger partial charge in [0.15, 0.2) is 23.2 Å². The first-order valence-electron chi connectivity index (χ1n) is 16.9. The topological polar surface area (TPSA) is 123 Å². The van der Waals surface area contributed by atoms with E-state index < -0.39 is 5.54 Å². The quantitative estimate of drug-likeness (QED) is 0.209. The van der Waals surface area contributed by atoms with Crippen molar-refractivity contribution in [1.82, 2.24) is 20.0 Å². The molecule has 0 fully saturated rings. The number of nitrogens with one attached hydrogen (secondary N) is 3. The molecular formula is C39H42N6O4. The molecule has 4 aromatic rings. The number of aromatic amines is 1. The van der Waals surface area contributed by atoms with Crippen LogP contribution in [0.5, 0.6) is 11.5 Å². The van der Waals surface area contributed by atoms with Crippen molar-refractivity contribution in [3.05, 3.63) is 105 Å². The number of H-pyrrole nitrogens is 1. The van der Waals surface area contributed by atoms with E-state index in [-0.39, 0.29) is 35.2 Å². The van der Waals surface area contributed by atoms with Crippen LogP contribution in [0.1, 0.15) is 91.9 Å². The zero-order chi connectivity index (χ0) is 34.4. The number of hydrogen-bond donors (Lipinski definition) is 3. The van der Waals surface area contributed by atoms with E-state index in [0.29, 0.717) is 12.8 Å². The van der Waals surface area contributed by atoms with E-state index in [1.807, 2.05) is 60.1 Å². The van der Waals surface area contributed by atoms with Gasteiger partial charge in [-0.2, -0.15) is 10.2 Å². The van der Waals surface area contributed by atoms with Gasteiger partial charge in [0.05, 0.1) is 19.8 Å². The maximum absolute atomic E-state index is 14.6. The second-order valence-corrected chi connectivity index (χ2v) is 15.0. The van der Waals surface area contributed by atoms with Gasteiger partial charge in [-0.1, -0.05) is 50.2 Å². The minimum Gasteiger partial charge on any atom is -0.496 e. The molecule has 10 heteroatoms. The summed E-state index contributed by atoms with van der Waals surface area (Å²) in [6.07, 6.45) is 1.99. The standard InChI is InChI=1S/C39H42N6O4/c1-20-30-32(22-12-8-10-14-28(22)48-6)35-25(40-36(30)43-42-20)17-39(5,19-27(35)47)45-21(2)31-33(23-13-9-11-15-29(23)49-7)34-24(41-37(31)44-45)16-38(3,4)18-26(34)46/h8-15,32-33H,16-19H2,1-7H3,(H,41,44)(H2,40,42,43)/t32?,33-,39?/m1/s1. The third-order valence-corrected chi connectivity index (χ3v) is 10.9. The third-order valence-electron chi connectivity index (χ3n) is 10.9. The van der Waals surface area contributed by atoms with Crippen LogP contribution in [0.25, 0.3) is 0 Å². The number of para-hydroxylation sites is 2. The molecule has 0 amide bonds. The normalized spacial score (nSPS) is 24.0. The van der Waals surface area contributed by atoms with Crippen LogP contribution in [0, 0.1) is 19.3 Å². The fraction of sp³-hybridized carbons (Fsp3) is 0.385. The predicted octanol–water partition coefficient (Wildman–Crippen LogP) is 7.03. The minimum absolute atomic E-state index is 0.0508. The molecule has 2 aliphatic carbocycles. The molecular weight excluding hydrogens is 616 g/mol. The summed E-state index contributed by atoms with van der Waals surface area (Å²) in [5.41, 5.74) is 7.98. The lowest BCUT2D eigenvalue weighted by molar-refractivity contribution is -0.119. The number of ketones is 2. The van der Waals surface area contributed by atoms with Crippen LogP contribution in [0.15, 0.2) is 71.1 Å². The second kappa shape index (κ2) is 10.9. The number of methoxy groups -OCH3 is 2. The zero-order valence-corrected chi connectivity index (χ0v) is 29.1. The molecule has 252 valence electrons. The largest absolute Gasteiger partial charge is 0.496 e. The molecule has 3 atom stereocenters. The fourth-order valence-electron chi connectivity index (χ4n) is 8.90. The third kappa shape index (κ3) is 4.67. The highest BCUT2D eigenvalue weighted by Crippen LogP contribution is 2.54. The smallest absolute Gasteiger partial charge is 0.163 e. The van der Waals surface area contributed by atoms with Crippen molar-refractivity contribution in [3.8, 4) is 11.5 Å². The molecule has 0 bridgehead atoms. The van der Waals surface area contributed by atoms with Gasteiger partial charge in [0.25, 0.3) is 0 Å². The molecule has 0 spiro atoms. The Morgan fingerprint density at radius 3 is 1.92 bits per heavy atom. The Labute approximate surface area is 286 Å². The van der Waals surface area contributed by atoms with Gasteiger partial charge in [-0.25, -0.2) is 0 Å². The molecule has 49 heavy (non-hydrogen) atoms. The molecule has 2 unspecified atom stereocenters. The van der Waals surface area contributed by atoms with Gasteiger partial charge in [-0.3, -0.25) is 19.4 Å². The lowest BCUT2D eigenvalue weighted by atomic mass is 9.69. The first-order chi connectivity index (χ1) is 23.4. The molecule has 0 radical (unpaired) electrons. The second-order valence-electron chi connectivity index (χ2n) is 15.0. The summed E-state index contributed by atoms with van der Waals surface area (Å²) in [5, 5.41) is 20.1. The maximum atomic E-state index is 14.6. The molecule has 2 aromatic heterocycles. The SMILES string of the molecule is COc1ccccc1C1C2=C(CC(C)(n3nc4c(c3C)[C@@H](c3ccccc3OC)C3=C(CC(C)(C)CC3=O)N4)CC2=O)Nc2n[nH]c(C)c21. The highest BCUT2D eigenvalue weighted by atomic mass is 16.5. The average Bonchev–Trinajstić information content (AvgIpc) is 3.61. The van der Waals surface area contributed by atoms with Gasteiger partial charge in [0.1, 0.15) is 11.5 Å². The Morgan fingerprint density at radius 1 is 0.735 bits per heavy atom. The van der Waals surface area contributed by atoms with Crippen molar-refractivity contribution in [2.45, 2.75) is 77.7 Å². The predicted molar refractivity (Wildman–Crippen MR) is 187 cm³/mol. The number of aromatic nitrogens is 4. The maximum Gasteiger partial charge on any atom is 0.163 e. The van der Waals surface area contributed by atoms with E-state index >= 15 is 0 Å². The monoisotopic (exact) mass is 658 g/mol. The lowest BCUT2D eigenvalue weighted by Crippen LogP contribution is -2.42. The number of rotatable bonds is 5. The van der Waals surface area contributed by atoms with Gasteiger partial charge < -0.3 is 20.1 Å². The Morgan fingerprint density at radius 2 is 1.29 bits per heavy atom. The van der Waals surface area contributed by atoms with Gasteiger partial charge >= 0.3 is 0 Å². The Bertz CT molecular complexity index is 2130. The van der Waals surface area contributed by atoms with E-state index in [2.05, 4.69) is 48.5 Å². The number of hydrogen-bond acceptors (Lipinski definition) is 8. The number of fused-ring (bicyclic) bond motifs is 2. The van der Waals surface area contributed by atoms with Crippen molar-refractivity contribution in [1.29, 1.82) is 0 Å². The fourth-order valence-corrected chi connectivity index (χ4v) is 8.90. The molecule has 10 nitrogen and oxygen atoms in total. The van der Waals surface area contributed by atoms with Gasteiger partial charge in [-0.05, 0) is 44.7 Å². The number of ether oxygens (including phenoxy) is 2. The summed E-state index contributed by atoms with van der Waals surface area (Å²) in [6, 6.07) is 15.8. The molecule has 0 saturated carbocycles. The number of benzene rings is 2. The van der Waals surface area contributed by atoms with Crippen LogP contribution in [-0.2, 0) is 15.1 Å². The van der Waals surface area contributed by atoms with Gasteiger partial charge in [0.2, 0.25) is 0 Å². The summed E-state index contributed by atoms with van der Waals surface area (Å²) in [5.74, 6) is 2.41. The Hall–Kier alpha value is -5.12. The molecule has 4 aliphatic rings. The van der Waals surface area contributed by atoms with Crippen LogP contribution in [-0.4, -0.2) is 45.8 Å². The number of aryl methyl sites for hydroxylation is 1. The summed E-state index contributed by atoms with van der Waals surface area (Å²) in [7, 11) is 3.33. The summed E-state index contributed by atoms with van der Waals surface area (Å²) in [6.45, 7) is 10.4. The van der Waals surface area contributed by atoms with Crippen LogP contribution < -0.4 is 20.1 Å². The zero-order valence-electron chi connectivity index (χ0n) is 29.1. The number of anilines is 2. The van der Waals surface area contributed by atoms with Crippen molar-refractivity contribution < 1.29 is 19.1 Å². The van der Waals surface area contributed by atoms with Crippen molar-refractivity contribution in [3.63, 3.8) is 0 Å². The summed E-state index contributed by atoms with van der Waals surface area (Å²) >= 11 is 0. The van der Waals surface area contributed by atoms with Gasteiger partial charge in [-0.15, -0.1) is 0 Å². The van der Waals surface area contributed by atoms with Crippen molar-refractivity contribution >= 4 is 23.2 Å². The van der Waals surface area contributed by atoms with E-state index in [9.17, 15) is 9.59 Å². The van der Waals surface area contributed by atoms with Crippen LogP contribution in [0.4, 0.5) is 11.6 Å². The van der Waals surface area contributed by atoms with E-state index in [1.54, 1.807) is 14.2 Å². The summed E-state index contributed by atoms with van der Waals surface area (Å²) < 4.78 is 13.7. The molecule has 2 aliphatic heterocycles. The molecule has 0 saturated heterocycles. The van der Waals surface area contributed by atoms with Crippen molar-refractivity contribution in [2.75, 3.05) is 24.9 Å². The number of carbonyl (C=O) groups is 2. The average molecular weight is 659 g/mol. The minimum atomic E-state index is -0.699. The first kappa shape index (κ1) is 31.2. The number of carbonyl (C=O) groups excluding carboxylic acids is 2. The molecule has 3 N–H and O–H groups in total. The summed E-state index contributed by atoms with van der Waals surface area (Å²) in [4.78, 5) is 28.6. The number of Topliss-reactive ketones (excluding diaryl/α,β-unsaturated/α-hetero) is 2. The van der Waals surface area contributed by atoms with Gasteiger partial charge in [0, 0.05) is 87.3 Å². The molecule has 8 rings (SSSR count). The Balaban J connectivity index is 1.27. The first-order valence-corrected chi connectivity index (χ1v) is 16.9. The number of allylic oxidation sites excluding steroid dienone is 4. The van der Waals surface area contributed by atoms with Crippen LogP contribution >= 0.6 is 0 Å². The van der Waals surface area contributed by atoms with Crippen LogP contribution in [0.3, 0.4) is 0 Å².